The van der Waals surface area contributed by atoms with Crippen LogP contribution >= 0.6 is 23.2 Å². The third kappa shape index (κ3) is 3.65. The molecule has 1 N–H and O–H groups in total. The van der Waals surface area contributed by atoms with Crippen molar-refractivity contribution in [1.82, 2.24) is 14.0 Å². The number of benzene rings is 2. The molecule has 0 amide bonds. The summed E-state index contributed by atoms with van der Waals surface area (Å²) < 4.78 is 8.27. The summed E-state index contributed by atoms with van der Waals surface area (Å²) in [6, 6.07) is 14.8. The summed E-state index contributed by atoms with van der Waals surface area (Å²) in [5, 5.41) is 1.95. The standard InChI is InChI=1S/C24H16Cl2N4O3/c1-2-33-24(32)18-11-27-21-20-19(14-3-5-15(25)6-4-14)12-29(17-9-7-16(26)8-10-17)22(20)28-13-30(21)23(18)31/h3-13H,2H2,1H3/p+1. The van der Waals surface area contributed by atoms with Gasteiger partial charge < -0.3 is 4.74 Å². The number of carbonyl (C=O) groups excluding carboxylic acids is 1. The number of esters is 1. The van der Waals surface area contributed by atoms with E-state index in [1.54, 1.807) is 31.2 Å². The van der Waals surface area contributed by atoms with Gasteiger partial charge in [0.1, 0.15) is 11.1 Å². The minimum atomic E-state index is -0.707. The van der Waals surface area contributed by atoms with Crippen LogP contribution in [0, 0.1) is 0 Å². The van der Waals surface area contributed by atoms with Crippen LogP contribution in [0.5, 0.6) is 0 Å². The van der Waals surface area contributed by atoms with Crippen molar-refractivity contribution in [3.05, 3.63) is 93.2 Å². The predicted octanol–water partition coefficient (Wildman–Crippen LogP) is 4.60. The molecule has 0 aliphatic heterocycles. The van der Waals surface area contributed by atoms with Gasteiger partial charge in [-0.2, -0.15) is 4.40 Å². The third-order valence-corrected chi connectivity index (χ3v) is 5.81. The summed E-state index contributed by atoms with van der Waals surface area (Å²) in [6.07, 6.45) is 4.72. The number of aromatic amines is 1. The first-order chi connectivity index (χ1) is 16.0. The van der Waals surface area contributed by atoms with Gasteiger partial charge in [0.25, 0.3) is 0 Å². The smallest absolute Gasteiger partial charge is 0.346 e. The van der Waals surface area contributed by atoms with E-state index in [0.29, 0.717) is 21.1 Å². The molecule has 3 heterocycles. The Bertz CT molecular complexity index is 1570. The lowest BCUT2D eigenvalue weighted by molar-refractivity contribution is -0.354. The number of hydrogen-bond donors (Lipinski definition) is 0. The Balaban J connectivity index is 1.84. The van der Waals surface area contributed by atoms with Crippen LogP contribution in [0.25, 0.3) is 33.5 Å². The molecule has 0 saturated carbocycles. The Morgan fingerprint density at radius 1 is 1.06 bits per heavy atom. The normalized spacial score (nSPS) is 11.2. The van der Waals surface area contributed by atoms with Crippen LogP contribution in [0.1, 0.15) is 17.3 Å². The number of rotatable bonds is 4. The van der Waals surface area contributed by atoms with E-state index < -0.39 is 11.5 Å². The highest BCUT2D eigenvalue weighted by molar-refractivity contribution is 6.31. The van der Waals surface area contributed by atoms with Gasteiger partial charge in [-0.1, -0.05) is 35.3 Å². The SMILES string of the molecule is CCOC(=O)c1cnc2c3c(-c4ccc(Cl)cc4)cn(-c4ccc(Cl)cc4)c3[nH+]cn2c1=O. The lowest BCUT2D eigenvalue weighted by Gasteiger charge is -2.04. The average molecular weight is 480 g/mol. The van der Waals surface area contributed by atoms with E-state index >= 15 is 0 Å². The maximum atomic E-state index is 13.1. The van der Waals surface area contributed by atoms with E-state index in [2.05, 4.69) is 9.97 Å². The molecule has 0 aliphatic carbocycles. The number of nitrogens with zero attached hydrogens (tertiary/aromatic N) is 3. The lowest BCUT2D eigenvalue weighted by Crippen LogP contribution is -2.27. The van der Waals surface area contributed by atoms with Crippen molar-refractivity contribution >= 4 is 45.9 Å². The van der Waals surface area contributed by atoms with Crippen LogP contribution in [0.2, 0.25) is 10.0 Å². The molecule has 2 aromatic carbocycles. The molecular formula is C24H17Cl2N4O3+. The molecule has 164 valence electrons. The highest BCUT2D eigenvalue weighted by atomic mass is 35.5. The Labute approximate surface area is 197 Å². The Kier molecular flexibility index (Phi) is 5.36. The molecule has 3 aromatic heterocycles. The van der Waals surface area contributed by atoms with Crippen molar-refractivity contribution in [3.8, 4) is 16.8 Å². The minimum absolute atomic E-state index is 0.132. The second kappa shape index (κ2) is 8.35. The Morgan fingerprint density at radius 2 is 1.73 bits per heavy atom. The maximum absolute atomic E-state index is 13.1. The van der Waals surface area contributed by atoms with Gasteiger partial charge in [0.15, 0.2) is 11.9 Å². The Hall–Kier alpha value is -3.68. The van der Waals surface area contributed by atoms with Crippen LogP contribution in [-0.2, 0) is 4.74 Å². The van der Waals surface area contributed by atoms with Crippen LogP contribution in [0.4, 0.5) is 0 Å². The highest BCUT2D eigenvalue weighted by Gasteiger charge is 2.24. The zero-order chi connectivity index (χ0) is 23.1. The van der Waals surface area contributed by atoms with Gasteiger partial charge in [0, 0.05) is 15.6 Å². The average Bonchev–Trinajstić information content (AvgIpc) is 3.20. The number of ether oxygens (including phenoxy) is 1. The van der Waals surface area contributed by atoms with E-state index in [9.17, 15) is 9.59 Å². The molecular weight excluding hydrogens is 463 g/mol. The topological polar surface area (TPSA) is 79.7 Å². The fraction of sp³-hybridized carbons (Fsp3) is 0.0833. The second-order valence-electron chi connectivity index (χ2n) is 7.28. The number of halogens is 2. The number of aromatic nitrogens is 4. The first-order valence-electron chi connectivity index (χ1n) is 10.1. The predicted molar refractivity (Wildman–Crippen MR) is 126 cm³/mol. The van der Waals surface area contributed by atoms with Crippen molar-refractivity contribution in [2.45, 2.75) is 6.92 Å². The summed E-state index contributed by atoms with van der Waals surface area (Å²) in [6.45, 7) is 1.84. The van der Waals surface area contributed by atoms with Crippen molar-refractivity contribution in [2.24, 2.45) is 0 Å². The van der Waals surface area contributed by atoms with E-state index in [0.717, 1.165) is 22.5 Å². The van der Waals surface area contributed by atoms with Gasteiger partial charge in [0.2, 0.25) is 11.3 Å². The van der Waals surface area contributed by atoms with Crippen molar-refractivity contribution in [1.29, 1.82) is 0 Å². The van der Waals surface area contributed by atoms with E-state index in [4.69, 9.17) is 27.9 Å². The molecule has 0 atom stereocenters. The fourth-order valence-electron chi connectivity index (χ4n) is 3.78. The van der Waals surface area contributed by atoms with Gasteiger partial charge in [-0.25, -0.2) is 19.1 Å². The van der Waals surface area contributed by atoms with E-state index in [1.165, 1.54) is 16.9 Å². The zero-order valence-corrected chi connectivity index (χ0v) is 18.9. The molecule has 5 aromatic rings. The van der Waals surface area contributed by atoms with Crippen LogP contribution in [-0.4, -0.2) is 26.5 Å². The zero-order valence-electron chi connectivity index (χ0n) is 17.4. The largest absolute Gasteiger partial charge is 0.462 e. The van der Waals surface area contributed by atoms with Gasteiger partial charge in [-0.05, 0) is 48.9 Å². The molecule has 0 radical (unpaired) electrons. The highest BCUT2D eigenvalue weighted by Crippen LogP contribution is 2.33. The molecule has 0 fully saturated rings. The summed E-state index contributed by atoms with van der Waals surface area (Å²) in [5.41, 5.74) is 3.07. The molecule has 0 unspecified atom stereocenters. The second-order valence-corrected chi connectivity index (χ2v) is 8.16. The van der Waals surface area contributed by atoms with Crippen LogP contribution < -0.4 is 10.5 Å². The molecule has 0 spiro atoms. The molecule has 9 heteroatoms. The summed E-state index contributed by atoms with van der Waals surface area (Å²) in [4.78, 5) is 32.9. The minimum Gasteiger partial charge on any atom is -0.462 e. The number of hydrogen-bond acceptors (Lipinski definition) is 4. The summed E-state index contributed by atoms with van der Waals surface area (Å²) in [7, 11) is 0. The van der Waals surface area contributed by atoms with Crippen LogP contribution in [0.3, 0.4) is 0 Å². The molecule has 5 rings (SSSR count). The van der Waals surface area contributed by atoms with Crippen LogP contribution in [0.15, 0.2) is 72.0 Å². The Morgan fingerprint density at radius 3 is 2.39 bits per heavy atom. The van der Waals surface area contributed by atoms with E-state index in [-0.39, 0.29) is 12.2 Å². The number of H-pyrrole nitrogens is 1. The maximum Gasteiger partial charge on any atom is 0.346 e. The van der Waals surface area contributed by atoms with Crippen molar-refractivity contribution < 1.29 is 14.5 Å². The van der Waals surface area contributed by atoms with Crippen molar-refractivity contribution in [3.63, 3.8) is 0 Å². The van der Waals surface area contributed by atoms with Gasteiger partial charge in [-0.15, -0.1) is 0 Å². The van der Waals surface area contributed by atoms with Gasteiger partial charge >= 0.3 is 11.5 Å². The third-order valence-electron chi connectivity index (χ3n) is 5.31. The van der Waals surface area contributed by atoms with Gasteiger partial charge in [-0.3, -0.25) is 4.98 Å². The first-order valence-corrected chi connectivity index (χ1v) is 10.9. The molecule has 0 saturated heterocycles. The molecule has 7 nitrogen and oxygen atoms in total. The number of nitrogens with one attached hydrogen (secondary N) is 1. The quantitative estimate of drug-likeness (QED) is 0.352. The number of fused-ring (bicyclic) bond motifs is 3. The summed E-state index contributed by atoms with van der Waals surface area (Å²) >= 11 is 12.2. The monoisotopic (exact) mass is 479 g/mol. The molecule has 0 aliphatic rings. The summed E-state index contributed by atoms with van der Waals surface area (Å²) in [5.74, 6) is -0.707. The lowest BCUT2D eigenvalue weighted by atomic mass is 10.1. The van der Waals surface area contributed by atoms with Gasteiger partial charge in [0.05, 0.1) is 19.0 Å². The molecule has 0 bridgehead atoms. The van der Waals surface area contributed by atoms with E-state index in [1.807, 2.05) is 35.0 Å². The first kappa shape index (κ1) is 21.2. The van der Waals surface area contributed by atoms with Crippen molar-refractivity contribution in [2.75, 3.05) is 6.61 Å². The molecule has 33 heavy (non-hydrogen) atoms. The number of carbonyl (C=O) groups is 1. The fourth-order valence-corrected chi connectivity index (χ4v) is 4.03.